The van der Waals surface area contributed by atoms with Gasteiger partial charge in [-0.15, -0.1) is 0 Å². The van der Waals surface area contributed by atoms with Crippen LogP contribution in [0.5, 0.6) is 0 Å². The van der Waals surface area contributed by atoms with E-state index in [0.717, 1.165) is 17.1 Å². The minimum atomic E-state index is -4.79. The predicted molar refractivity (Wildman–Crippen MR) is 150 cm³/mol. The minimum Gasteiger partial charge on any atom is -0.397 e. The van der Waals surface area contributed by atoms with E-state index in [4.69, 9.17) is 17.3 Å². The zero-order valence-electron chi connectivity index (χ0n) is 22.8. The fourth-order valence-corrected chi connectivity index (χ4v) is 4.99. The topological polar surface area (TPSA) is 136 Å². The smallest absolute Gasteiger partial charge is 0.397 e. The van der Waals surface area contributed by atoms with Crippen molar-refractivity contribution in [2.24, 2.45) is 7.05 Å². The van der Waals surface area contributed by atoms with Crippen molar-refractivity contribution in [3.05, 3.63) is 71.0 Å². The Kier molecular flexibility index (Phi) is 7.45. The average molecular weight is 602 g/mol. The molecule has 1 fully saturated rings. The van der Waals surface area contributed by atoms with Gasteiger partial charge >= 0.3 is 6.18 Å². The second kappa shape index (κ2) is 10.8. The normalized spacial score (nSPS) is 15.1. The SMILES string of the molecule is Cn1c(-c2cn(-c3ccc(N)cn3)nc2C(F)(F)F)cnc1C(=O)Nc1ccc(C(=O)N2CCNC(C)(C)C2)c(Cl)c1. The molecule has 4 heterocycles. The van der Waals surface area contributed by atoms with E-state index in [-0.39, 0.29) is 45.1 Å². The molecule has 220 valence electrons. The molecule has 11 nitrogen and oxygen atoms in total. The standard InChI is InChI=1S/C27H27ClF3N9O2/c1-26(2)14-39(9-8-35-26)25(42)17-6-5-16(10-19(17)28)36-24(41)23-34-12-20(38(23)3)18-13-40(37-22(18)27(29,30)31)21-7-4-15(32)11-33-21/h4-7,10-13,35H,8-9,14,32H2,1-3H3,(H,36,41). The lowest BCUT2D eigenvalue weighted by molar-refractivity contribution is -0.140. The van der Waals surface area contributed by atoms with E-state index in [0.29, 0.717) is 30.9 Å². The third-order valence-corrected chi connectivity index (χ3v) is 7.08. The van der Waals surface area contributed by atoms with E-state index in [1.807, 2.05) is 13.8 Å². The van der Waals surface area contributed by atoms with Crippen LogP contribution in [0.15, 0.2) is 48.9 Å². The summed E-state index contributed by atoms with van der Waals surface area (Å²) in [6.07, 6.45) is -1.17. The molecular weight excluding hydrogens is 575 g/mol. The number of imidazole rings is 1. The molecule has 1 aliphatic heterocycles. The average Bonchev–Trinajstić information content (AvgIpc) is 3.52. The summed E-state index contributed by atoms with van der Waals surface area (Å²) in [5, 5.41) is 9.82. The summed E-state index contributed by atoms with van der Waals surface area (Å²) in [6, 6.07) is 7.41. The molecule has 0 unspecified atom stereocenters. The number of piperazine rings is 1. The third-order valence-electron chi connectivity index (χ3n) is 6.77. The highest BCUT2D eigenvalue weighted by Gasteiger charge is 2.39. The number of nitrogens with one attached hydrogen (secondary N) is 2. The zero-order valence-corrected chi connectivity index (χ0v) is 23.6. The Bertz CT molecular complexity index is 1660. The summed E-state index contributed by atoms with van der Waals surface area (Å²) in [5.41, 5.74) is 4.85. The van der Waals surface area contributed by atoms with E-state index in [1.165, 1.54) is 48.1 Å². The molecule has 1 aromatic carbocycles. The minimum absolute atomic E-state index is 0.00657. The Labute approximate surface area is 243 Å². The lowest BCUT2D eigenvalue weighted by atomic mass is 10.0. The van der Waals surface area contributed by atoms with Crippen molar-refractivity contribution in [3.8, 4) is 17.1 Å². The molecule has 0 radical (unpaired) electrons. The number of hydrogen-bond donors (Lipinski definition) is 3. The molecular formula is C27H27ClF3N9O2. The molecule has 5 rings (SSSR count). The Morgan fingerprint density at radius 1 is 1.14 bits per heavy atom. The molecule has 42 heavy (non-hydrogen) atoms. The number of amides is 2. The molecule has 3 aromatic heterocycles. The van der Waals surface area contributed by atoms with Gasteiger partial charge in [0.25, 0.3) is 11.8 Å². The van der Waals surface area contributed by atoms with Gasteiger partial charge in [-0.3, -0.25) is 9.59 Å². The van der Waals surface area contributed by atoms with Gasteiger partial charge in [-0.25, -0.2) is 14.6 Å². The number of carbonyl (C=O) groups excluding carboxylic acids is 2. The van der Waals surface area contributed by atoms with Crippen LogP contribution in [0.2, 0.25) is 5.02 Å². The number of benzene rings is 1. The molecule has 0 saturated carbocycles. The van der Waals surface area contributed by atoms with Crippen LogP contribution < -0.4 is 16.4 Å². The van der Waals surface area contributed by atoms with Crippen LogP contribution in [0.4, 0.5) is 24.5 Å². The van der Waals surface area contributed by atoms with Crippen LogP contribution in [0, 0.1) is 0 Å². The highest BCUT2D eigenvalue weighted by molar-refractivity contribution is 6.34. The van der Waals surface area contributed by atoms with Crippen molar-refractivity contribution in [2.45, 2.75) is 25.6 Å². The molecule has 1 saturated heterocycles. The van der Waals surface area contributed by atoms with Crippen molar-refractivity contribution < 1.29 is 22.8 Å². The molecule has 0 spiro atoms. The number of carbonyl (C=O) groups is 2. The number of hydrogen-bond acceptors (Lipinski definition) is 7. The van der Waals surface area contributed by atoms with E-state index in [2.05, 4.69) is 25.7 Å². The third kappa shape index (κ3) is 5.81. The number of anilines is 2. The number of rotatable bonds is 5. The van der Waals surface area contributed by atoms with Crippen LogP contribution in [-0.2, 0) is 13.2 Å². The van der Waals surface area contributed by atoms with Crippen LogP contribution in [0.1, 0.15) is 40.5 Å². The Hall–Kier alpha value is -4.43. The number of alkyl halides is 3. The number of halogens is 4. The highest BCUT2D eigenvalue weighted by atomic mass is 35.5. The van der Waals surface area contributed by atoms with Gasteiger partial charge in [-0.05, 0) is 44.2 Å². The maximum atomic E-state index is 13.9. The van der Waals surface area contributed by atoms with Gasteiger partial charge in [0.1, 0.15) is 0 Å². The van der Waals surface area contributed by atoms with E-state index in [1.54, 1.807) is 4.90 Å². The molecule has 4 aromatic rings. The zero-order chi connectivity index (χ0) is 30.4. The van der Waals surface area contributed by atoms with E-state index < -0.39 is 17.8 Å². The number of nitrogens with two attached hydrogens (primary N) is 1. The summed E-state index contributed by atoms with van der Waals surface area (Å²) < 4.78 is 44.0. The molecule has 4 N–H and O–H groups in total. The van der Waals surface area contributed by atoms with Crippen LogP contribution >= 0.6 is 11.6 Å². The number of nitrogens with zero attached hydrogens (tertiary/aromatic N) is 6. The Balaban J connectivity index is 1.38. The number of nitrogen functional groups attached to an aromatic ring is 1. The molecule has 15 heteroatoms. The highest BCUT2D eigenvalue weighted by Crippen LogP contribution is 2.37. The number of pyridine rings is 1. The van der Waals surface area contributed by atoms with Crippen LogP contribution in [0.3, 0.4) is 0 Å². The van der Waals surface area contributed by atoms with Gasteiger partial charge < -0.3 is 25.8 Å². The quantitative estimate of drug-likeness (QED) is 0.315. The first kappa shape index (κ1) is 29.1. The Morgan fingerprint density at radius 2 is 1.90 bits per heavy atom. The summed E-state index contributed by atoms with van der Waals surface area (Å²) in [6.45, 7) is 5.70. The fraction of sp³-hybridized carbons (Fsp3) is 0.296. The second-order valence-electron chi connectivity index (χ2n) is 10.5. The second-order valence-corrected chi connectivity index (χ2v) is 10.9. The summed E-state index contributed by atoms with van der Waals surface area (Å²) in [7, 11) is 1.42. The van der Waals surface area contributed by atoms with Gasteiger partial charge in [-0.2, -0.15) is 18.3 Å². The summed E-state index contributed by atoms with van der Waals surface area (Å²) in [5.74, 6) is -0.948. The van der Waals surface area contributed by atoms with Gasteiger partial charge in [-0.1, -0.05) is 11.6 Å². The van der Waals surface area contributed by atoms with Crippen LogP contribution in [-0.4, -0.2) is 66.2 Å². The van der Waals surface area contributed by atoms with E-state index >= 15 is 0 Å². The van der Waals surface area contributed by atoms with Crippen molar-refractivity contribution >= 4 is 34.8 Å². The molecule has 0 atom stereocenters. The van der Waals surface area contributed by atoms with Crippen molar-refractivity contribution in [3.63, 3.8) is 0 Å². The predicted octanol–water partition coefficient (Wildman–Crippen LogP) is 4.00. The molecule has 0 aliphatic carbocycles. The fourth-order valence-electron chi connectivity index (χ4n) is 4.73. The maximum absolute atomic E-state index is 13.9. The van der Waals surface area contributed by atoms with Gasteiger partial charge in [0, 0.05) is 44.1 Å². The number of aromatic nitrogens is 5. The van der Waals surface area contributed by atoms with Crippen molar-refractivity contribution in [2.75, 3.05) is 30.7 Å². The van der Waals surface area contributed by atoms with Crippen molar-refractivity contribution in [1.29, 1.82) is 0 Å². The molecule has 2 amide bonds. The van der Waals surface area contributed by atoms with Gasteiger partial charge in [0.05, 0.1) is 39.9 Å². The first-order valence-electron chi connectivity index (χ1n) is 12.8. The van der Waals surface area contributed by atoms with Crippen LogP contribution in [0.25, 0.3) is 17.1 Å². The first-order valence-corrected chi connectivity index (χ1v) is 13.2. The maximum Gasteiger partial charge on any atom is 0.435 e. The van der Waals surface area contributed by atoms with Gasteiger partial charge in [0.15, 0.2) is 17.3 Å². The van der Waals surface area contributed by atoms with E-state index in [9.17, 15) is 22.8 Å². The van der Waals surface area contributed by atoms with Crippen molar-refractivity contribution in [1.82, 2.24) is 34.5 Å². The lowest BCUT2D eigenvalue weighted by Crippen LogP contribution is -2.58. The lowest BCUT2D eigenvalue weighted by Gasteiger charge is -2.39. The molecule has 1 aliphatic rings. The monoisotopic (exact) mass is 601 g/mol. The Morgan fingerprint density at radius 3 is 2.55 bits per heavy atom. The molecule has 0 bridgehead atoms. The summed E-state index contributed by atoms with van der Waals surface area (Å²) in [4.78, 5) is 36.0. The largest absolute Gasteiger partial charge is 0.435 e. The first-order chi connectivity index (χ1) is 19.7. The summed E-state index contributed by atoms with van der Waals surface area (Å²) >= 11 is 6.42. The van der Waals surface area contributed by atoms with Gasteiger partial charge in [0.2, 0.25) is 0 Å².